The van der Waals surface area contributed by atoms with Crippen molar-refractivity contribution in [3.05, 3.63) is 132 Å². The van der Waals surface area contributed by atoms with Crippen LogP contribution in [0, 0.1) is 0 Å². The fraction of sp³-hybridized carbons (Fsp3) is 0.0294. The summed E-state index contributed by atoms with van der Waals surface area (Å²) in [6, 6.07) is 32.9. The fourth-order valence-corrected chi connectivity index (χ4v) is 6.34. The topological polar surface area (TPSA) is 124 Å². The Morgan fingerprint density at radius 1 is 0.595 bits per heavy atom. The van der Waals surface area contributed by atoms with Gasteiger partial charge in [-0.15, -0.1) is 0 Å². The Kier molecular flexibility index (Phi) is 6.76. The number of anilines is 1. The molecule has 0 aliphatic carbocycles. The first-order valence-electron chi connectivity index (χ1n) is 13.1. The molecule has 0 aliphatic rings. The number of benzene rings is 6. The minimum absolute atomic E-state index is 0.0540. The van der Waals surface area contributed by atoms with Crippen LogP contribution in [0.15, 0.2) is 125 Å². The maximum absolute atomic E-state index is 13.2. The van der Waals surface area contributed by atoms with E-state index in [9.17, 15) is 28.5 Å². The molecule has 0 bridgehead atoms. The van der Waals surface area contributed by atoms with Crippen molar-refractivity contribution in [2.45, 2.75) is 16.2 Å². The number of amides is 1. The van der Waals surface area contributed by atoms with E-state index >= 15 is 0 Å². The summed E-state index contributed by atoms with van der Waals surface area (Å²) in [6.45, 7) is 0. The van der Waals surface area contributed by atoms with Gasteiger partial charge in [0.1, 0.15) is 0 Å². The highest BCUT2D eigenvalue weighted by Gasteiger charge is 2.23. The molecule has 0 saturated heterocycles. The van der Waals surface area contributed by atoms with Crippen LogP contribution in [0.5, 0.6) is 17.2 Å². The van der Waals surface area contributed by atoms with Gasteiger partial charge in [0.15, 0.2) is 11.5 Å². The van der Waals surface area contributed by atoms with Crippen LogP contribution in [0.25, 0.3) is 21.5 Å². The van der Waals surface area contributed by atoms with Crippen molar-refractivity contribution in [3.63, 3.8) is 0 Å². The fourth-order valence-electron chi connectivity index (χ4n) is 5.05. The average molecular weight is 576 g/mol. The highest BCUT2D eigenvalue weighted by Crippen LogP contribution is 2.42. The van der Waals surface area contributed by atoms with Gasteiger partial charge in [-0.3, -0.25) is 4.79 Å². The number of fused-ring (bicyclic) bond motifs is 2. The second kappa shape index (κ2) is 10.6. The number of hydrogen-bond acceptors (Lipinski definition) is 6. The quantitative estimate of drug-likeness (QED) is 0.162. The van der Waals surface area contributed by atoms with E-state index in [0.717, 1.165) is 27.1 Å². The van der Waals surface area contributed by atoms with Crippen LogP contribution in [0.3, 0.4) is 0 Å². The molecule has 0 radical (unpaired) electrons. The van der Waals surface area contributed by atoms with Gasteiger partial charge in [0.2, 0.25) is 15.6 Å². The normalized spacial score (nSPS) is 11.5. The average Bonchev–Trinajstić information content (AvgIpc) is 3.01. The number of hydrogen-bond donors (Lipinski definition) is 4. The molecule has 6 rings (SSSR count). The Labute approximate surface area is 241 Å². The van der Waals surface area contributed by atoms with Crippen LogP contribution in [0.1, 0.15) is 21.5 Å². The van der Waals surface area contributed by atoms with Crippen molar-refractivity contribution in [2.24, 2.45) is 0 Å². The highest BCUT2D eigenvalue weighted by molar-refractivity contribution is 7.91. The second-order valence-corrected chi connectivity index (χ2v) is 11.9. The van der Waals surface area contributed by atoms with E-state index in [4.69, 9.17) is 0 Å². The van der Waals surface area contributed by atoms with Crippen LogP contribution in [0.2, 0.25) is 0 Å². The standard InChI is InChI=1S/C34H25NO6S/c36-31-25(18-24-10-5-9-22-7-3-4-11-29(22)24)20-30(32(37)33(31)38)34(39)35-26-13-16-27(17-14-26)42(40,41)28-15-12-21-6-1-2-8-23(21)19-28/h1-17,19-20,36-38H,18H2,(H,35,39). The predicted octanol–water partition coefficient (Wildman–Crippen LogP) is 6.79. The van der Waals surface area contributed by atoms with Crippen molar-refractivity contribution >= 4 is 43.0 Å². The van der Waals surface area contributed by atoms with Gasteiger partial charge in [0.25, 0.3) is 5.91 Å². The van der Waals surface area contributed by atoms with Crippen molar-refractivity contribution in [1.82, 2.24) is 0 Å². The molecule has 0 unspecified atom stereocenters. The van der Waals surface area contributed by atoms with Crippen LogP contribution < -0.4 is 5.32 Å². The number of rotatable bonds is 6. The molecule has 0 heterocycles. The van der Waals surface area contributed by atoms with Gasteiger partial charge < -0.3 is 20.6 Å². The molecule has 0 aliphatic heterocycles. The summed E-state index contributed by atoms with van der Waals surface area (Å²) in [5.41, 5.74) is 1.15. The second-order valence-electron chi connectivity index (χ2n) is 9.94. The van der Waals surface area contributed by atoms with Gasteiger partial charge in [-0.2, -0.15) is 0 Å². The molecule has 0 atom stereocenters. The van der Waals surface area contributed by atoms with Crippen molar-refractivity contribution < 1.29 is 28.5 Å². The maximum atomic E-state index is 13.2. The van der Waals surface area contributed by atoms with Crippen LogP contribution >= 0.6 is 0 Å². The molecular formula is C34H25NO6S. The molecule has 0 saturated carbocycles. The summed E-state index contributed by atoms with van der Waals surface area (Å²) in [7, 11) is -3.81. The van der Waals surface area contributed by atoms with Crippen LogP contribution in [0.4, 0.5) is 5.69 Å². The van der Waals surface area contributed by atoms with E-state index in [0.29, 0.717) is 0 Å². The number of carbonyl (C=O) groups excluding carboxylic acids is 1. The first-order valence-corrected chi connectivity index (χ1v) is 14.6. The lowest BCUT2D eigenvalue weighted by molar-refractivity contribution is 0.102. The summed E-state index contributed by atoms with van der Waals surface area (Å²) >= 11 is 0. The van der Waals surface area contributed by atoms with E-state index in [-0.39, 0.29) is 33.0 Å². The van der Waals surface area contributed by atoms with Crippen LogP contribution in [-0.4, -0.2) is 29.6 Å². The molecule has 1 amide bonds. The number of phenols is 3. The molecule has 6 aromatic carbocycles. The number of nitrogens with one attached hydrogen (secondary N) is 1. The molecule has 208 valence electrons. The monoisotopic (exact) mass is 575 g/mol. The number of sulfone groups is 1. The molecule has 7 nitrogen and oxygen atoms in total. The summed E-state index contributed by atoms with van der Waals surface area (Å²) in [4.78, 5) is 13.4. The van der Waals surface area contributed by atoms with E-state index in [1.165, 1.54) is 30.3 Å². The van der Waals surface area contributed by atoms with Gasteiger partial charge in [0, 0.05) is 17.7 Å². The first-order chi connectivity index (χ1) is 20.2. The Balaban J connectivity index is 1.26. The van der Waals surface area contributed by atoms with Crippen molar-refractivity contribution in [3.8, 4) is 17.2 Å². The van der Waals surface area contributed by atoms with E-state index in [2.05, 4.69) is 5.32 Å². The lowest BCUT2D eigenvalue weighted by atomic mass is 9.96. The van der Waals surface area contributed by atoms with Gasteiger partial charge in [0.05, 0.1) is 15.4 Å². The van der Waals surface area contributed by atoms with Crippen molar-refractivity contribution in [2.75, 3.05) is 5.32 Å². The minimum Gasteiger partial charge on any atom is -0.504 e. The summed E-state index contributed by atoms with van der Waals surface area (Å²) in [6.07, 6.45) is 0.197. The summed E-state index contributed by atoms with van der Waals surface area (Å²) in [5.74, 6) is -2.82. The first kappa shape index (κ1) is 26.9. The predicted molar refractivity (Wildman–Crippen MR) is 162 cm³/mol. The highest BCUT2D eigenvalue weighted by atomic mass is 32.2. The van der Waals surface area contributed by atoms with Crippen molar-refractivity contribution in [1.29, 1.82) is 0 Å². The number of aromatic hydroxyl groups is 3. The van der Waals surface area contributed by atoms with Gasteiger partial charge in [-0.25, -0.2) is 8.42 Å². The Morgan fingerprint density at radius 3 is 2.00 bits per heavy atom. The van der Waals surface area contributed by atoms with Gasteiger partial charge >= 0.3 is 0 Å². The largest absolute Gasteiger partial charge is 0.504 e. The Hall–Kier alpha value is -5.34. The molecular weight excluding hydrogens is 550 g/mol. The number of phenolic OH excluding ortho intramolecular Hbond substituents is 3. The molecule has 6 aromatic rings. The number of carbonyl (C=O) groups is 1. The maximum Gasteiger partial charge on any atom is 0.259 e. The molecule has 0 fully saturated rings. The molecule has 0 aromatic heterocycles. The molecule has 8 heteroatoms. The van der Waals surface area contributed by atoms with Gasteiger partial charge in [-0.05, 0) is 69.6 Å². The third-order valence-electron chi connectivity index (χ3n) is 7.29. The molecule has 4 N–H and O–H groups in total. The summed E-state index contributed by atoms with van der Waals surface area (Å²) in [5, 5.41) is 37.8. The minimum atomic E-state index is -3.81. The SMILES string of the molecule is O=C(Nc1ccc(S(=O)(=O)c2ccc3ccccc3c2)cc1)c1cc(Cc2cccc3ccccc23)c(O)c(O)c1O. The molecule has 42 heavy (non-hydrogen) atoms. The van der Waals surface area contributed by atoms with E-state index < -0.39 is 33.0 Å². The van der Waals surface area contributed by atoms with Crippen LogP contribution in [-0.2, 0) is 16.3 Å². The Morgan fingerprint density at radius 2 is 1.24 bits per heavy atom. The van der Waals surface area contributed by atoms with E-state index in [1.807, 2.05) is 66.7 Å². The Bertz CT molecular complexity index is 2100. The zero-order valence-electron chi connectivity index (χ0n) is 22.2. The lowest BCUT2D eigenvalue weighted by Crippen LogP contribution is -2.13. The third kappa shape index (κ3) is 4.88. The third-order valence-corrected chi connectivity index (χ3v) is 9.05. The zero-order chi connectivity index (χ0) is 29.4. The van der Waals surface area contributed by atoms with E-state index in [1.54, 1.807) is 18.2 Å². The molecule has 0 spiro atoms. The summed E-state index contributed by atoms with van der Waals surface area (Å²) < 4.78 is 26.5. The zero-order valence-corrected chi connectivity index (χ0v) is 23.0. The van der Waals surface area contributed by atoms with Gasteiger partial charge in [-0.1, -0.05) is 72.8 Å². The lowest BCUT2D eigenvalue weighted by Gasteiger charge is -2.14. The smallest absolute Gasteiger partial charge is 0.259 e.